The van der Waals surface area contributed by atoms with Gasteiger partial charge in [0.15, 0.2) is 5.76 Å². The van der Waals surface area contributed by atoms with Gasteiger partial charge in [-0.1, -0.05) is 12.1 Å². The number of carbonyl (C=O) groups is 1. The van der Waals surface area contributed by atoms with E-state index >= 15 is 0 Å². The van der Waals surface area contributed by atoms with Crippen molar-refractivity contribution in [3.05, 3.63) is 80.8 Å². The van der Waals surface area contributed by atoms with Gasteiger partial charge in [0.25, 0.3) is 17.2 Å². The Hall–Kier alpha value is -3.75. The maximum Gasteiger partial charge on any atom is 0.282 e. The first-order chi connectivity index (χ1) is 12.6. The molecule has 0 radical (unpaired) electrons. The van der Waals surface area contributed by atoms with Gasteiger partial charge in [-0.3, -0.25) is 19.7 Å². The first kappa shape index (κ1) is 17.1. The third kappa shape index (κ3) is 3.66. The number of benzene rings is 1. The summed E-state index contributed by atoms with van der Waals surface area (Å²) in [5.41, 5.74) is -0.165. The number of hydrogen-bond donors (Lipinski definition) is 1. The first-order valence-electron chi connectivity index (χ1n) is 7.70. The third-order valence-electron chi connectivity index (χ3n) is 3.59. The zero-order valence-electron chi connectivity index (χ0n) is 13.5. The molecule has 2 heterocycles. The predicted molar refractivity (Wildman–Crippen MR) is 91.6 cm³/mol. The molecule has 0 saturated heterocycles. The molecule has 1 N–H and O–H groups in total. The van der Waals surface area contributed by atoms with Gasteiger partial charge in [0.05, 0.1) is 17.7 Å². The Kier molecular flexibility index (Phi) is 4.88. The van der Waals surface area contributed by atoms with Crippen molar-refractivity contribution in [3.8, 4) is 11.5 Å². The number of carbonyl (C=O) groups excluding carboxylic acids is 1. The highest BCUT2D eigenvalue weighted by Gasteiger charge is 2.18. The largest absolute Gasteiger partial charge is 0.463 e. The zero-order chi connectivity index (χ0) is 18.5. The second-order valence-corrected chi connectivity index (χ2v) is 5.29. The lowest BCUT2D eigenvalue weighted by atomic mass is 10.1. The Morgan fingerprint density at radius 1 is 1.19 bits per heavy atom. The monoisotopic (exact) mass is 354 g/mol. The van der Waals surface area contributed by atoms with Crippen molar-refractivity contribution >= 4 is 11.6 Å². The molecule has 1 amide bonds. The van der Waals surface area contributed by atoms with Gasteiger partial charge in [-0.15, -0.1) is 0 Å². The van der Waals surface area contributed by atoms with Gasteiger partial charge in [-0.25, -0.2) is 4.68 Å². The van der Waals surface area contributed by atoms with Crippen molar-refractivity contribution in [3.63, 3.8) is 0 Å². The molecule has 2 aromatic heterocycles. The molecule has 26 heavy (non-hydrogen) atoms. The molecular formula is C17H14N4O5. The maximum atomic E-state index is 12.2. The second-order valence-electron chi connectivity index (χ2n) is 5.29. The summed E-state index contributed by atoms with van der Waals surface area (Å²) in [5, 5.41) is 17.7. The van der Waals surface area contributed by atoms with E-state index in [1.165, 1.54) is 35.2 Å². The lowest BCUT2D eigenvalue weighted by molar-refractivity contribution is -0.385. The number of hydrogen-bond acceptors (Lipinski definition) is 6. The molecule has 3 aromatic rings. The van der Waals surface area contributed by atoms with Crippen LogP contribution in [-0.4, -0.2) is 27.2 Å². The Morgan fingerprint density at radius 2 is 2.00 bits per heavy atom. The number of nitro groups is 1. The zero-order valence-corrected chi connectivity index (χ0v) is 13.5. The molecule has 0 unspecified atom stereocenters. The van der Waals surface area contributed by atoms with Crippen LogP contribution in [0.25, 0.3) is 11.5 Å². The summed E-state index contributed by atoms with van der Waals surface area (Å²) in [6.07, 6.45) is 1.50. The number of para-hydroxylation sites is 1. The molecule has 0 spiro atoms. The second kappa shape index (κ2) is 7.43. The SMILES string of the molecule is O=C(NCCn1nc(-c2ccco2)ccc1=O)c1ccccc1[N+](=O)[O-]. The summed E-state index contributed by atoms with van der Waals surface area (Å²) in [5.74, 6) is -0.0739. The van der Waals surface area contributed by atoms with E-state index in [1.807, 2.05) is 0 Å². The molecule has 132 valence electrons. The molecule has 0 saturated carbocycles. The normalized spacial score (nSPS) is 10.5. The fraction of sp³-hybridized carbons (Fsp3) is 0.118. The van der Waals surface area contributed by atoms with E-state index in [0.29, 0.717) is 11.5 Å². The van der Waals surface area contributed by atoms with E-state index in [0.717, 1.165) is 0 Å². The fourth-order valence-corrected chi connectivity index (χ4v) is 2.36. The van der Waals surface area contributed by atoms with E-state index in [9.17, 15) is 19.7 Å². The molecule has 0 fully saturated rings. The quantitative estimate of drug-likeness (QED) is 0.533. The number of amides is 1. The minimum absolute atomic E-state index is 0.0397. The average Bonchev–Trinajstić information content (AvgIpc) is 3.17. The maximum absolute atomic E-state index is 12.2. The van der Waals surface area contributed by atoms with Gasteiger partial charge in [0.2, 0.25) is 0 Å². The Balaban J connectivity index is 1.69. The minimum atomic E-state index is -0.617. The fourth-order valence-electron chi connectivity index (χ4n) is 2.36. The molecule has 0 aliphatic carbocycles. The van der Waals surface area contributed by atoms with Crippen LogP contribution in [0.4, 0.5) is 5.69 Å². The van der Waals surface area contributed by atoms with Gasteiger partial charge in [0, 0.05) is 18.7 Å². The average molecular weight is 354 g/mol. The van der Waals surface area contributed by atoms with Crippen LogP contribution in [0.5, 0.6) is 0 Å². The molecule has 3 rings (SSSR count). The Bertz CT molecular complexity index is 994. The van der Waals surface area contributed by atoms with Crippen molar-refractivity contribution in [1.82, 2.24) is 15.1 Å². The predicted octanol–water partition coefficient (Wildman–Crippen LogP) is 1.84. The van der Waals surface area contributed by atoms with Crippen LogP contribution in [0, 0.1) is 10.1 Å². The van der Waals surface area contributed by atoms with Crippen LogP contribution >= 0.6 is 0 Å². The highest BCUT2D eigenvalue weighted by molar-refractivity contribution is 5.98. The smallest absolute Gasteiger partial charge is 0.282 e. The summed E-state index contributed by atoms with van der Waals surface area (Å²) in [4.78, 5) is 34.4. The molecule has 0 atom stereocenters. The molecule has 9 heteroatoms. The molecular weight excluding hydrogens is 340 g/mol. The van der Waals surface area contributed by atoms with Gasteiger partial charge in [-0.05, 0) is 24.3 Å². The molecule has 0 aliphatic rings. The minimum Gasteiger partial charge on any atom is -0.463 e. The summed E-state index contributed by atoms with van der Waals surface area (Å²) >= 11 is 0. The van der Waals surface area contributed by atoms with Gasteiger partial charge in [0.1, 0.15) is 11.3 Å². The van der Waals surface area contributed by atoms with Crippen LogP contribution < -0.4 is 10.9 Å². The van der Waals surface area contributed by atoms with Crippen LogP contribution in [0.2, 0.25) is 0 Å². The van der Waals surface area contributed by atoms with E-state index in [2.05, 4.69) is 10.4 Å². The van der Waals surface area contributed by atoms with E-state index in [-0.39, 0.29) is 29.9 Å². The van der Waals surface area contributed by atoms with Crippen LogP contribution in [-0.2, 0) is 6.54 Å². The number of furan rings is 1. The molecule has 0 bridgehead atoms. The summed E-state index contributed by atoms with van der Waals surface area (Å²) in [7, 11) is 0. The highest BCUT2D eigenvalue weighted by Crippen LogP contribution is 2.17. The highest BCUT2D eigenvalue weighted by atomic mass is 16.6. The Labute approximate surface area is 147 Å². The lowest BCUT2D eigenvalue weighted by Crippen LogP contribution is -2.32. The number of rotatable bonds is 6. The van der Waals surface area contributed by atoms with E-state index in [4.69, 9.17) is 4.42 Å². The topological polar surface area (TPSA) is 120 Å². The van der Waals surface area contributed by atoms with Gasteiger partial charge in [-0.2, -0.15) is 5.10 Å². The van der Waals surface area contributed by atoms with E-state index in [1.54, 1.807) is 24.3 Å². The van der Waals surface area contributed by atoms with Crippen molar-refractivity contribution in [2.24, 2.45) is 0 Å². The molecule has 1 aromatic carbocycles. The van der Waals surface area contributed by atoms with Crippen LogP contribution in [0.1, 0.15) is 10.4 Å². The van der Waals surface area contributed by atoms with Gasteiger partial charge >= 0.3 is 0 Å². The first-order valence-corrected chi connectivity index (χ1v) is 7.70. The number of aromatic nitrogens is 2. The summed E-state index contributed by atoms with van der Waals surface area (Å²) in [6, 6.07) is 12.0. The summed E-state index contributed by atoms with van der Waals surface area (Å²) in [6.45, 7) is 0.194. The summed E-state index contributed by atoms with van der Waals surface area (Å²) < 4.78 is 6.43. The number of nitrogens with zero attached hydrogens (tertiary/aromatic N) is 3. The third-order valence-corrected chi connectivity index (χ3v) is 3.59. The molecule has 0 aliphatic heterocycles. The number of nitro benzene ring substituents is 1. The lowest BCUT2D eigenvalue weighted by Gasteiger charge is -2.08. The standard InChI is InChI=1S/C17H14N4O5/c22-16-8-7-13(15-6-3-11-26-15)19-20(16)10-9-18-17(23)12-4-1-2-5-14(12)21(24)25/h1-8,11H,9-10H2,(H,18,23). The Morgan fingerprint density at radius 3 is 2.73 bits per heavy atom. The van der Waals surface area contributed by atoms with Crippen molar-refractivity contribution in [2.45, 2.75) is 6.54 Å². The van der Waals surface area contributed by atoms with Crippen molar-refractivity contribution in [2.75, 3.05) is 6.54 Å². The van der Waals surface area contributed by atoms with Crippen LogP contribution in [0.15, 0.2) is 64.0 Å². The molecule has 9 nitrogen and oxygen atoms in total. The van der Waals surface area contributed by atoms with E-state index < -0.39 is 10.8 Å². The van der Waals surface area contributed by atoms with Crippen LogP contribution in [0.3, 0.4) is 0 Å². The number of nitrogens with one attached hydrogen (secondary N) is 1. The van der Waals surface area contributed by atoms with Crippen molar-refractivity contribution in [1.29, 1.82) is 0 Å². The van der Waals surface area contributed by atoms with Gasteiger partial charge < -0.3 is 9.73 Å². The van der Waals surface area contributed by atoms with Crippen molar-refractivity contribution < 1.29 is 14.1 Å².